The number of rotatable bonds is 3. The normalized spacial score (nSPS) is 13.1. The van der Waals surface area contributed by atoms with Crippen LogP contribution in [0.1, 0.15) is 35.7 Å². The maximum atomic E-state index is 12.5. The van der Waals surface area contributed by atoms with Gasteiger partial charge in [0.2, 0.25) is 0 Å². The van der Waals surface area contributed by atoms with Crippen molar-refractivity contribution in [2.24, 2.45) is 0 Å². The van der Waals surface area contributed by atoms with Gasteiger partial charge in [-0.1, -0.05) is 32.0 Å². The third-order valence-electron chi connectivity index (χ3n) is 3.72. The number of hydrogen-bond acceptors (Lipinski definition) is 3. The number of benzene rings is 2. The van der Waals surface area contributed by atoms with E-state index in [1.54, 1.807) is 18.2 Å². The van der Waals surface area contributed by atoms with Gasteiger partial charge in [0, 0.05) is 5.69 Å². The molecule has 0 unspecified atom stereocenters. The van der Waals surface area contributed by atoms with Crippen molar-refractivity contribution in [1.29, 1.82) is 0 Å². The van der Waals surface area contributed by atoms with Crippen LogP contribution in [0.2, 0.25) is 0 Å². The largest absolute Gasteiger partial charge is 0.481 e. The Bertz CT molecular complexity index is 751. The highest BCUT2D eigenvalue weighted by Crippen LogP contribution is 2.32. The molecule has 2 aromatic carbocycles. The Balaban J connectivity index is 1.81. The molecule has 0 radical (unpaired) electrons. The van der Waals surface area contributed by atoms with Crippen LogP contribution >= 0.6 is 0 Å². The number of hydrogen-bond donors (Lipinski definition) is 2. The molecule has 3 rings (SSSR count). The van der Waals surface area contributed by atoms with Crippen molar-refractivity contribution >= 4 is 23.2 Å². The number of carbonyl (C=O) groups is 2. The Labute approximate surface area is 134 Å². The highest BCUT2D eigenvalue weighted by molar-refractivity contribution is 6.09. The number of ether oxygens (including phenoxy) is 1. The number of para-hydroxylation sites is 1. The lowest BCUT2D eigenvalue weighted by Crippen LogP contribution is -2.27. The molecule has 0 bridgehead atoms. The molecule has 5 nitrogen and oxygen atoms in total. The van der Waals surface area contributed by atoms with Gasteiger partial charge >= 0.3 is 0 Å². The van der Waals surface area contributed by atoms with Crippen molar-refractivity contribution in [3.63, 3.8) is 0 Å². The Hall–Kier alpha value is -2.82. The highest BCUT2D eigenvalue weighted by atomic mass is 16.5. The first kappa shape index (κ1) is 15.1. The zero-order valence-electron chi connectivity index (χ0n) is 13.1. The predicted molar refractivity (Wildman–Crippen MR) is 89.1 cm³/mol. The fourth-order valence-corrected chi connectivity index (χ4v) is 2.44. The summed E-state index contributed by atoms with van der Waals surface area (Å²) in [6.07, 6.45) is 0. The van der Waals surface area contributed by atoms with E-state index in [1.165, 1.54) is 5.56 Å². The fourth-order valence-electron chi connectivity index (χ4n) is 2.44. The fraction of sp³-hybridized carbons (Fsp3) is 0.222. The van der Waals surface area contributed by atoms with Gasteiger partial charge in [0.05, 0.1) is 11.3 Å². The van der Waals surface area contributed by atoms with E-state index in [9.17, 15) is 9.59 Å². The third kappa shape index (κ3) is 3.18. The first-order valence-electron chi connectivity index (χ1n) is 7.51. The Morgan fingerprint density at radius 3 is 2.61 bits per heavy atom. The van der Waals surface area contributed by atoms with E-state index >= 15 is 0 Å². The Morgan fingerprint density at radius 2 is 1.91 bits per heavy atom. The van der Waals surface area contributed by atoms with Gasteiger partial charge in [-0.25, -0.2) is 0 Å². The molecule has 1 aliphatic rings. The summed E-state index contributed by atoms with van der Waals surface area (Å²) in [5.41, 5.74) is 2.85. The van der Waals surface area contributed by atoms with Crippen molar-refractivity contribution in [2.75, 3.05) is 17.2 Å². The standard InChI is InChI=1S/C18H18N2O3/c1-11(2)12-6-8-13(9-7-12)19-18(22)14-4-3-5-15-17(14)23-10-16(21)20-15/h3-9,11H,10H2,1-2H3,(H,19,22)(H,20,21). The van der Waals surface area contributed by atoms with E-state index in [1.807, 2.05) is 24.3 Å². The molecule has 118 valence electrons. The van der Waals surface area contributed by atoms with Crippen LogP contribution in [0.4, 0.5) is 11.4 Å². The van der Waals surface area contributed by atoms with Gasteiger partial charge in [-0.2, -0.15) is 0 Å². The second-order valence-electron chi connectivity index (χ2n) is 5.75. The van der Waals surface area contributed by atoms with Crippen LogP contribution in [0.3, 0.4) is 0 Å². The number of anilines is 2. The molecule has 0 aromatic heterocycles. The molecule has 2 aromatic rings. The van der Waals surface area contributed by atoms with Crippen LogP contribution in [0.5, 0.6) is 5.75 Å². The van der Waals surface area contributed by atoms with Crippen LogP contribution in [0.15, 0.2) is 42.5 Å². The van der Waals surface area contributed by atoms with E-state index in [2.05, 4.69) is 24.5 Å². The first-order chi connectivity index (χ1) is 11.0. The minimum Gasteiger partial charge on any atom is -0.481 e. The molecule has 5 heteroatoms. The quantitative estimate of drug-likeness (QED) is 0.913. The van der Waals surface area contributed by atoms with Crippen LogP contribution in [0.25, 0.3) is 0 Å². The lowest BCUT2D eigenvalue weighted by atomic mass is 10.0. The summed E-state index contributed by atoms with van der Waals surface area (Å²) < 4.78 is 5.40. The molecule has 1 heterocycles. The summed E-state index contributed by atoms with van der Waals surface area (Å²) >= 11 is 0. The van der Waals surface area contributed by atoms with Crippen LogP contribution in [-0.4, -0.2) is 18.4 Å². The summed E-state index contributed by atoms with van der Waals surface area (Å²) in [6.45, 7) is 4.16. The second-order valence-corrected chi connectivity index (χ2v) is 5.75. The Kier molecular flexibility index (Phi) is 4.02. The van der Waals surface area contributed by atoms with E-state index in [4.69, 9.17) is 4.74 Å². The molecule has 1 aliphatic heterocycles. The summed E-state index contributed by atoms with van der Waals surface area (Å²) in [7, 11) is 0. The topological polar surface area (TPSA) is 67.4 Å². The minimum atomic E-state index is -0.268. The summed E-state index contributed by atoms with van der Waals surface area (Å²) in [4.78, 5) is 23.8. The number of carbonyl (C=O) groups excluding carboxylic acids is 2. The maximum Gasteiger partial charge on any atom is 0.262 e. The van der Waals surface area contributed by atoms with Crippen LogP contribution < -0.4 is 15.4 Å². The van der Waals surface area contributed by atoms with Crippen molar-refractivity contribution < 1.29 is 14.3 Å². The lowest BCUT2D eigenvalue weighted by molar-refractivity contribution is -0.118. The van der Waals surface area contributed by atoms with Crippen molar-refractivity contribution in [3.05, 3.63) is 53.6 Å². The third-order valence-corrected chi connectivity index (χ3v) is 3.72. The van der Waals surface area contributed by atoms with E-state index in [-0.39, 0.29) is 18.4 Å². The van der Waals surface area contributed by atoms with Gasteiger partial charge in [0.25, 0.3) is 11.8 Å². The van der Waals surface area contributed by atoms with Gasteiger partial charge in [-0.05, 0) is 35.7 Å². The lowest BCUT2D eigenvalue weighted by Gasteiger charge is -2.20. The van der Waals surface area contributed by atoms with Gasteiger partial charge < -0.3 is 15.4 Å². The summed E-state index contributed by atoms with van der Waals surface area (Å²) in [5, 5.41) is 5.55. The Morgan fingerprint density at radius 1 is 1.17 bits per heavy atom. The number of amides is 2. The van der Waals surface area contributed by atoms with Gasteiger partial charge in [0.15, 0.2) is 12.4 Å². The smallest absolute Gasteiger partial charge is 0.262 e. The predicted octanol–water partition coefficient (Wildman–Crippen LogP) is 3.39. The van der Waals surface area contributed by atoms with Gasteiger partial charge in [-0.3, -0.25) is 9.59 Å². The second kappa shape index (κ2) is 6.12. The first-order valence-corrected chi connectivity index (χ1v) is 7.51. The molecule has 2 amide bonds. The minimum absolute atomic E-state index is 0.0830. The molecular formula is C18H18N2O3. The van der Waals surface area contributed by atoms with Gasteiger partial charge in [-0.15, -0.1) is 0 Å². The molecule has 0 atom stereocenters. The van der Waals surface area contributed by atoms with Gasteiger partial charge in [0.1, 0.15) is 0 Å². The highest BCUT2D eigenvalue weighted by Gasteiger charge is 2.22. The van der Waals surface area contributed by atoms with Crippen LogP contribution in [0, 0.1) is 0 Å². The molecule has 2 N–H and O–H groups in total. The maximum absolute atomic E-state index is 12.5. The average molecular weight is 310 g/mol. The molecule has 0 saturated heterocycles. The summed E-state index contributed by atoms with van der Waals surface area (Å²) in [5.74, 6) is 0.357. The zero-order chi connectivity index (χ0) is 16.4. The molecule has 0 saturated carbocycles. The van der Waals surface area contributed by atoms with E-state index < -0.39 is 0 Å². The average Bonchev–Trinajstić information content (AvgIpc) is 2.54. The van der Waals surface area contributed by atoms with Crippen LogP contribution in [-0.2, 0) is 4.79 Å². The van der Waals surface area contributed by atoms with E-state index in [0.717, 1.165) is 5.69 Å². The zero-order valence-corrected chi connectivity index (χ0v) is 13.1. The molecule has 23 heavy (non-hydrogen) atoms. The van der Waals surface area contributed by atoms with Crippen molar-refractivity contribution in [1.82, 2.24) is 0 Å². The molecule has 0 aliphatic carbocycles. The van der Waals surface area contributed by atoms with Crippen molar-refractivity contribution in [3.8, 4) is 5.75 Å². The molecule has 0 spiro atoms. The summed E-state index contributed by atoms with van der Waals surface area (Å²) in [6, 6.07) is 12.9. The monoisotopic (exact) mass is 310 g/mol. The molecular weight excluding hydrogens is 292 g/mol. The van der Waals surface area contributed by atoms with E-state index in [0.29, 0.717) is 22.9 Å². The number of nitrogens with one attached hydrogen (secondary N) is 2. The molecule has 0 fully saturated rings. The van der Waals surface area contributed by atoms with Crippen molar-refractivity contribution in [2.45, 2.75) is 19.8 Å². The number of fused-ring (bicyclic) bond motifs is 1. The SMILES string of the molecule is CC(C)c1ccc(NC(=O)c2cccc3c2OCC(=O)N3)cc1.